The van der Waals surface area contributed by atoms with E-state index in [9.17, 15) is 4.79 Å². The third kappa shape index (κ3) is 7.53. The van der Waals surface area contributed by atoms with Gasteiger partial charge in [0.05, 0.1) is 29.4 Å². The fourth-order valence-corrected chi connectivity index (χ4v) is 11.8. The molecule has 8 heteroatoms. The molecule has 0 aliphatic rings. The van der Waals surface area contributed by atoms with Crippen LogP contribution in [-0.2, 0) is 4.74 Å². The van der Waals surface area contributed by atoms with E-state index in [0.29, 0.717) is 24.7 Å². The van der Waals surface area contributed by atoms with E-state index in [1.165, 1.54) is 95.7 Å². The zero-order chi connectivity index (χ0) is 35.5. The zero-order valence-corrected chi connectivity index (χ0v) is 33.8. The largest absolute Gasteiger partial charge is 0.493 e. The van der Waals surface area contributed by atoms with Crippen LogP contribution >= 0.6 is 45.3 Å². The van der Waals surface area contributed by atoms with Crippen LogP contribution < -0.4 is 9.47 Å². The summed E-state index contributed by atoms with van der Waals surface area (Å²) in [5.41, 5.74) is 0. The van der Waals surface area contributed by atoms with Crippen molar-refractivity contribution in [3.05, 3.63) is 57.1 Å². The monoisotopic (exact) mass is 756 g/mol. The number of fused-ring (bicyclic) bond motifs is 5. The summed E-state index contributed by atoms with van der Waals surface area (Å²) in [7, 11) is 0. The molecule has 268 valence electrons. The van der Waals surface area contributed by atoms with Crippen LogP contribution in [0.25, 0.3) is 61.6 Å². The summed E-state index contributed by atoms with van der Waals surface area (Å²) < 4.78 is 22.3. The van der Waals surface area contributed by atoms with Crippen LogP contribution in [-0.4, -0.2) is 25.8 Å². The maximum absolute atomic E-state index is 13.1. The number of carbonyl (C=O) groups is 1. The van der Waals surface area contributed by atoms with Crippen molar-refractivity contribution in [2.45, 2.75) is 98.8 Å². The van der Waals surface area contributed by atoms with Crippen LogP contribution in [0.2, 0.25) is 0 Å². The first-order chi connectivity index (χ1) is 24.9. The van der Waals surface area contributed by atoms with Gasteiger partial charge in [-0.15, -0.1) is 45.3 Å². The Kier molecular flexibility index (Phi) is 11.5. The minimum Gasteiger partial charge on any atom is -0.493 e. The number of unbranched alkanes of at least 4 members (excludes halogenated alkanes) is 9. The highest BCUT2D eigenvalue weighted by molar-refractivity contribution is 7.31. The third-order valence-corrected chi connectivity index (χ3v) is 14.4. The van der Waals surface area contributed by atoms with E-state index in [4.69, 9.17) is 14.2 Å². The molecule has 4 heterocycles. The lowest BCUT2D eigenvalue weighted by molar-refractivity contribution is 0.0503. The smallest absolute Gasteiger partial charge is 0.348 e. The highest BCUT2D eigenvalue weighted by Gasteiger charge is 2.22. The predicted octanol–water partition coefficient (Wildman–Crippen LogP) is 14.9. The SMILES string of the molecule is CCCCCCCCCCCCOC(=O)c1cc2c(C)sc(-c3cc4cc5c(OCC)c6cc7sc(C)cc7cc6c(OCC)c5cc4s3)c2s1. The van der Waals surface area contributed by atoms with Crippen LogP contribution in [0.3, 0.4) is 0 Å². The van der Waals surface area contributed by atoms with Gasteiger partial charge in [0.25, 0.3) is 0 Å². The molecule has 0 atom stereocenters. The first-order valence-corrected chi connectivity index (χ1v) is 22.0. The number of benzene rings is 3. The van der Waals surface area contributed by atoms with E-state index in [1.807, 2.05) is 28.7 Å². The molecule has 3 aromatic carbocycles. The third-order valence-electron chi connectivity index (χ3n) is 9.72. The van der Waals surface area contributed by atoms with Crippen LogP contribution in [0.4, 0.5) is 0 Å². The number of ether oxygens (including phenoxy) is 3. The average molecular weight is 757 g/mol. The number of carbonyl (C=O) groups excluding carboxylic acids is 1. The lowest BCUT2D eigenvalue weighted by Gasteiger charge is -2.17. The molecule has 7 rings (SSSR count). The second kappa shape index (κ2) is 16.2. The van der Waals surface area contributed by atoms with Crippen LogP contribution in [0.15, 0.2) is 42.5 Å². The van der Waals surface area contributed by atoms with Gasteiger partial charge in [0.1, 0.15) is 16.4 Å². The van der Waals surface area contributed by atoms with Crippen LogP contribution in [0.5, 0.6) is 11.5 Å². The van der Waals surface area contributed by atoms with Crippen molar-refractivity contribution in [3.63, 3.8) is 0 Å². The molecule has 51 heavy (non-hydrogen) atoms. The van der Waals surface area contributed by atoms with Gasteiger partial charge in [0.15, 0.2) is 0 Å². The molecule has 0 amide bonds. The number of hydrogen-bond donors (Lipinski definition) is 0. The van der Waals surface area contributed by atoms with Gasteiger partial charge in [-0.3, -0.25) is 0 Å². The summed E-state index contributed by atoms with van der Waals surface area (Å²) in [6.45, 7) is 12.4. The van der Waals surface area contributed by atoms with Gasteiger partial charge in [-0.05, 0) is 87.4 Å². The minimum absolute atomic E-state index is 0.195. The molecule has 0 radical (unpaired) electrons. The summed E-state index contributed by atoms with van der Waals surface area (Å²) in [6.07, 6.45) is 12.6. The van der Waals surface area contributed by atoms with Crippen molar-refractivity contribution in [2.75, 3.05) is 19.8 Å². The predicted molar refractivity (Wildman–Crippen MR) is 225 cm³/mol. The number of thiophene rings is 4. The summed E-state index contributed by atoms with van der Waals surface area (Å²) in [6, 6.07) is 15.7. The zero-order valence-electron chi connectivity index (χ0n) is 30.5. The van der Waals surface area contributed by atoms with Gasteiger partial charge in [-0.2, -0.15) is 0 Å². The Balaban J connectivity index is 1.14. The number of rotatable bonds is 17. The van der Waals surface area contributed by atoms with E-state index in [0.717, 1.165) is 51.3 Å². The highest BCUT2D eigenvalue weighted by Crippen LogP contribution is 2.50. The van der Waals surface area contributed by atoms with Crippen LogP contribution in [0, 0.1) is 13.8 Å². The summed E-state index contributed by atoms with van der Waals surface area (Å²) in [5.74, 6) is 1.64. The average Bonchev–Trinajstić information content (AvgIpc) is 3.90. The molecule has 0 fully saturated rings. The molecule has 0 saturated carbocycles. The van der Waals surface area contributed by atoms with Crippen LogP contribution in [0.1, 0.15) is 104 Å². The molecular formula is C43H48O4S4. The summed E-state index contributed by atoms with van der Waals surface area (Å²) in [5, 5.41) is 7.93. The van der Waals surface area contributed by atoms with E-state index in [1.54, 1.807) is 22.7 Å². The lowest BCUT2D eigenvalue weighted by atomic mass is 9.98. The fourth-order valence-electron chi connectivity index (χ4n) is 7.22. The van der Waals surface area contributed by atoms with Gasteiger partial charge < -0.3 is 14.2 Å². The van der Waals surface area contributed by atoms with Gasteiger partial charge in [-0.25, -0.2) is 4.79 Å². The first-order valence-electron chi connectivity index (χ1n) is 18.7. The van der Waals surface area contributed by atoms with E-state index in [2.05, 4.69) is 71.0 Å². The van der Waals surface area contributed by atoms with Crippen molar-refractivity contribution in [1.82, 2.24) is 0 Å². The standard InChI is InChI=1S/C43H48O4S4/c1-6-9-10-11-12-13-14-15-16-17-18-47-43(44)38-23-30-27(5)49-42(41(30)51-38)37-22-29-21-32-34(25-36(29)50-37)39(45-7-2)31-20-28-19-26(4)48-35(28)24-33(31)40(32)46-8-3/h19-25H,6-18H2,1-5H3. The quantitative estimate of drug-likeness (QED) is 0.0527. The fraction of sp³-hybridized carbons (Fsp3) is 0.419. The molecule has 0 aliphatic carbocycles. The molecule has 4 aromatic heterocycles. The van der Waals surface area contributed by atoms with Crippen molar-refractivity contribution in [3.8, 4) is 21.3 Å². The van der Waals surface area contributed by atoms with Crippen molar-refractivity contribution in [2.24, 2.45) is 0 Å². The normalized spacial score (nSPS) is 11.9. The topological polar surface area (TPSA) is 44.8 Å². The van der Waals surface area contributed by atoms with Gasteiger partial charge >= 0.3 is 5.97 Å². The van der Waals surface area contributed by atoms with Crippen molar-refractivity contribution < 1.29 is 19.0 Å². The summed E-state index contributed by atoms with van der Waals surface area (Å²) in [4.78, 5) is 18.8. The Bertz CT molecular complexity index is 2220. The highest BCUT2D eigenvalue weighted by atomic mass is 32.1. The Hall–Kier alpha value is -3.17. The maximum Gasteiger partial charge on any atom is 0.348 e. The molecule has 0 saturated heterocycles. The molecule has 0 unspecified atom stereocenters. The van der Waals surface area contributed by atoms with E-state index < -0.39 is 0 Å². The van der Waals surface area contributed by atoms with E-state index >= 15 is 0 Å². The maximum atomic E-state index is 13.1. The molecule has 7 aromatic rings. The second-order valence-electron chi connectivity index (χ2n) is 13.5. The Morgan fingerprint density at radius 2 is 1.16 bits per heavy atom. The molecular weight excluding hydrogens is 709 g/mol. The second-order valence-corrected chi connectivity index (χ2v) is 18.2. The molecule has 0 spiro atoms. The Morgan fingerprint density at radius 1 is 0.588 bits per heavy atom. The van der Waals surface area contributed by atoms with Crippen molar-refractivity contribution >= 4 is 103 Å². The lowest BCUT2D eigenvalue weighted by Crippen LogP contribution is -2.04. The van der Waals surface area contributed by atoms with Gasteiger partial charge in [-0.1, -0.05) is 64.7 Å². The Morgan fingerprint density at radius 3 is 1.78 bits per heavy atom. The van der Waals surface area contributed by atoms with Crippen molar-refractivity contribution in [1.29, 1.82) is 0 Å². The van der Waals surface area contributed by atoms with Gasteiger partial charge in [0.2, 0.25) is 0 Å². The number of esters is 1. The Labute approximate surface area is 317 Å². The van der Waals surface area contributed by atoms with Gasteiger partial charge in [0, 0.05) is 51.0 Å². The molecule has 0 N–H and O–H groups in total. The summed E-state index contributed by atoms with van der Waals surface area (Å²) >= 11 is 7.00. The first kappa shape index (κ1) is 36.2. The molecule has 4 nitrogen and oxygen atoms in total. The number of hydrogen-bond acceptors (Lipinski definition) is 8. The molecule has 0 aliphatic heterocycles. The number of aryl methyl sites for hydroxylation is 2. The van der Waals surface area contributed by atoms with E-state index in [-0.39, 0.29) is 5.97 Å². The molecule has 0 bridgehead atoms. The minimum atomic E-state index is -0.195.